The molecule has 1 heterocycles. The maximum Gasteiger partial charge on any atom is 0.248 e. The number of carbonyl (C=O) groups excluding carboxylic acids is 3. The molecule has 1 saturated heterocycles. The number of imide groups is 1. The first-order valence-electron chi connectivity index (χ1n) is 13.4. The van der Waals surface area contributed by atoms with Crippen molar-refractivity contribution in [1.82, 2.24) is 4.90 Å². The Morgan fingerprint density at radius 2 is 1.21 bits per heavy atom. The third-order valence-electron chi connectivity index (χ3n) is 8.69. The maximum atomic E-state index is 14.5. The van der Waals surface area contributed by atoms with Crippen molar-refractivity contribution >= 4 is 69.8 Å². The van der Waals surface area contributed by atoms with Crippen LogP contribution in [0.2, 0.25) is 10.0 Å². The first-order valence-corrected chi connectivity index (χ1v) is 14.9. The van der Waals surface area contributed by atoms with Gasteiger partial charge in [-0.25, -0.2) is 0 Å². The summed E-state index contributed by atoms with van der Waals surface area (Å²) in [6, 6.07) is 27.5. The quantitative estimate of drug-likeness (QED) is 0.187. The minimum atomic E-state index is -1.34. The number of anilines is 1. The van der Waals surface area contributed by atoms with Crippen LogP contribution in [0.3, 0.4) is 0 Å². The van der Waals surface area contributed by atoms with Gasteiger partial charge in [-0.15, -0.1) is 23.2 Å². The van der Waals surface area contributed by atoms with Crippen LogP contribution in [0.5, 0.6) is 0 Å². The standard InChI is InChI=1S/C33H22Cl4N2O3/c34-19-14-15-25(24(35)17-19)38-29(40)26(16-18-8-2-1-3-9-18)39-30(41)27-28(31(39)42)33(37)21-11-5-4-10-20(21)32(27,36)22-12-6-7-13-23(22)33/h1-15,17,26-28H,16H2,(H,38,40)/t26-,27+,28+,32?,33?/m0/s1. The minimum Gasteiger partial charge on any atom is -0.323 e. The molecule has 3 aliphatic carbocycles. The van der Waals surface area contributed by atoms with Crippen molar-refractivity contribution in [2.24, 2.45) is 11.8 Å². The molecule has 1 aliphatic heterocycles. The molecular weight excluding hydrogens is 614 g/mol. The molecule has 4 aromatic carbocycles. The van der Waals surface area contributed by atoms with Crippen molar-refractivity contribution in [2.75, 3.05) is 5.32 Å². The van der Waals surface area contributed by atoms with E-state index in [1.807, 2.05) is 78.9 Å². The van der Waals surface area contributed by atoms with Crippen molar-refractivity contribution in [3.8, 4) is 0 Å². The third-order valence-corrected chi connectivity index (χ3v) is 10.5. The number of halogens is 4. The van der Waals surface area contributed by atoms with E-state index in [4.69, 9.17) is 46.4 Å². The van der Waals surface area contributed by atoms with Gasteiger partial charge < -0.3 is 5.32 Å². The molecule has 210 valence electrons. The molecule has 0 unspecified atom stereocenters. The molecule has 4 aromatic rings. The third kappa shape index (κ3) is 3.74. The molecule has 0 saturated carbocycles. The lowest BCUT2D eigenvalue weighted by molar-refractivity contribution is -0.146. The largest absolute Gasteiger partial charge is 0.323 e. The Labute approximate surface area is 262 Å². The highest BCUT2D eigenvalue weighted by Gasteiger charge is 2.73. The number of nitrogens with zero attached hydrogens (tertiary/aromatic N) is 1. The molecule has 3 amide bonds. The Morgan fingerprint density at radius 1 is 0.738 bits per heavy atom. The lowest BCUT2D eigenvalue weighted by atomic mass is 9.54. The normalized spacial score (nSPS) is 26.0. The SMILES string of the molecule is O=C(Nc1ccc(Cl)cc1Cl)[C@H](Cc1ccccc1)N1C(=O)[C@H]2[C@H](C1=O)C1(Cl)c3ccccc3C2(Cl)c2ccccc21. The molecule has 4 aliphatic rings. The molecule has 0 radical (unpaired) electrons. The van der Waals surface area contributed by atoms with E-state index in [1.54, 1.807) is 12.1 Å². The van der Waals surface area contributed by atoms with Crippen molar-refractivity contribution in [1.29, 1.82) is 0 Å². The Hall–Kier alpha value is -3.35. The van der Waals surface area contributed by atoms with E-state index >= 15 is 0 Å². The zero-order valence-corrected chi connectivity index (χ0v) is 24.9. The number of amides is 3. The summed E-state index contributed by atoms with van der Waals surface area (Å²) in [5.74, 6) is -3.67. The van der Waals surface area contributed by atoms with Crippen molar-refractivity contribution in [2.45, 2.75) is 22.2 Å². The van der Waals surface area contributed by atoms with Crippen LogP contribution in [0, 0.1) is 11.8 Å². The van der Waals surface area contributed by atoms with E-state index in [-0.39, 0.29) is 11.4 Å². The van der Waals surface area contributed by atoms with E-state index in [1.165, 1.54) is 6.07 Å². The number of likely N-dealkylation sites (tertiary alicyclic amines) is 1. The molecule has 0 aromatic heterocycles. The molecule has 2 bridgehead atoms. The van der Waals surface area contributed by atoms with Crippen LogP contribution in [0.15, 0.2) is 97.1 Å². The number of hydrogen-bond acceptors (Lipinski definition) is 3. The number of carbonyl (C=O) groups is 3. The molecule has 9 heteroatoms. The average Bonchev–Trinajstić information content (AvgIpc) is 3.27. The Kier molecular flexibility index (Phi) is 6.45. The summed E-state index contributed by atoms with van der Waals surface area (Å²) in [6.45, 7) is 0. The van der Waals surface area contributed by atoms with Crippen LogP contribution in [-0.2, 0) is 30.6 Å². The van der Waals surface area contributed by atoms with Crippen LogP contribution >= 0.6 is 46.4 Å². The molecule has 1 N–H and O–H groups in total. The Morgan fingerprint density at radius 3 is 1.69 bits per heavy atom. The molecule has 0 spiro atoms. The number of alkyl halides is 2. The summed E-state index contributed by atoms with van der Waals surface area (Å²) in [7, 11) is 0. The van der Waals surface area contributed by atoms with Gasteiger partial charge in [0.25, 0.3) is 0 Å². The summed E-state index contributed by atoms with van der Waals surface area (Å²) in [5, 5.41) is 3.44. The van der Waals surface area contributed by atoms with Crippen LogP contribution < -0.4 is 5.32 Å². The van der Waals surface area contributed by atoms with Gasteiger partial charge in [0.15, 0.2) is 0 Å². The monoisotopic (exact) mass is 634 g/mol. The van der Waals surface area contributed by atoms with E-state index in [9.17, 15) is 14.4 Å². The van der Waals surface area contributed by atoms with Gasteiger partial charge in [0.05, 0.1) is 22.5 Å². The van der Waals surface area contributed by atoms with Crippen LogP contribution in [0.1, 0.15) is 27.8 Å². The first kappa shape index (κ1) is 27.5. The lowest BCUT2D eigenvalue weighted by Gasteiger charge is -2.54. The van der Waals surface area contributed by atoms with Gasteiger partial charge in [0, 0.05) is 11.4 Å². The van der Waals surface area contributed by atoms with Gasteiger partial charge in [-0.1, -0.05) is 102 Å². The minimum absolute atomic E-state index is 0.0826. The highest BCUT2D eigenvalue weighted by atomic mass is 35.5. The first-order chi connectivity index (χ1) is 20.2. The summed E-state index contributed by atoms with van der Waals surface area (Å²) in [4.78, 5) is 41.5. The van der Waals surface area contributed by atoms with E-state index in [0.717, 1.165) is 10.5 Å². The second-order valence-corrected chi connectivity index (χ2v) is 12.9. The zero-order chi connectivity index (χ0) is 29.4. The Balaban J connectivity index is 1.36. The Bertz CT molecular complexity index is 1670. The molecular formula is C33H22Cl4N2O3. The smallest absolute Gasteiger partial charge is 0.248 e. The number of hydrogen-bond donors (Lipinski definition) is 1. The second kappa shape index (κ2) is 9.85. The molecule has 5 nitrogen and oxygen atoms in total. The van der Waals surface area contributed by atoms with E-state index in [2.05, 4.69) is 5.32 Å². The molecule has 42 heavy (non-hydrogen) atoms. The predicted molar refractivity (Wildman–Crippen MR) is 164 cm³/mol. The van der Waals surface area contributed by atoms with Gasteiger partial charge in [-0.05, 0) is 46.0 Å². The second-order valence-electron chi connectivity index (χ2n) is 10.8. The van der Waals surface area contributed by atoms with E-state index in [0.29, 0.717) is 33.0 Å². The van der Waals surface area contributed by atoms with Crippen LogP contribution in [0.25, 0.3) is 0 Å². The fraction of sp³-hybridized carbons (Fsp3) is 0.182. The summed E-state index contributed by atoms with van der Waals surface area (Å²) < 4.78 is 0. The molecule has 1 fully saturated rings. The van der Waals surface area contributed by atoms with Gasteiger partial charge in [0.2, 0.25) is 17.7 Å². The predicted octanol–water partition coefficient (Wildman–Crippen LogP) is 7.14. The van der Waals surface area contributed by atoms with Gasteiger partial charge in [-0.2, -0.15) is 0 Å². The fourth-order valence-corrected chi connectivity index (χ4v) is 8.49. The number of benzene rings is 4. The molecule has 3 atom stereocenters. The van der Waals surface area contributed by atoms with Gasteiger partial charge in [-0.3, -0.25) is 19.3 Å². The highest BCUT2D eigenvalue weighted by molar-refractivity contribution is 6.37. The van der Waals surface area contributed by atoms with Crippen molar-refractivity contribution < 1.29 is 14.4 Å². The lowest BCUT2D eigenvalue weighted by Crippen LogP contribution is -2.57. The zero-order valence-electron chi connectivity index (χ0n) is 21.9. The number of nitrogens with one attached hydrogen (secondary N) is 1. The average molecular weight is 636 g/mol. The summed E-state index contributed by atoms with van der Waals surface area (Å²) >= 11 is 27.5. The van der Waals surface area contributed by atoms with Gasteiger partial charge in [0.1, 0.15) is 15.8 Å². The topological polar surface area (TPSA) is 66.5 Å². The number of rotatable bonds is 5. The summed E-state index contributed by atoms with van der Waals surface area (Å²) in [5.41, 5.74) is 3.86. The van der Waals surface area contributed by atoms with E-state index < -0.39 is 45.3 Å². The van der Waals surface area contributed by atoms with Gasteiger partial charge >= 0.3 is 0 Å². The summed E-state index contributed by atoms with van der Waals surface area (Å²) in [6.07, 6.45) is 0.0826. The molecule has 8 rings (SSSR count). The fourth-order valence-electron chi connectivity index (χ4n) is 6.94. The van der Waals surface area contributed by atoms with Crippen molar-refractivity contribution in [3.05, 3.63) is 135 Å². The maximum absolute atomic E-state index is 14.5. The van der Waals surface area contributed by atoms with Crippen LogP contribution in [0.4, 0.5) is 5.69 Å². The highest BCUT2D eigenvalue weighted by Crippen LogP contribution is 2.69. The van der Waals surface area contributed by atoms with Crippen molar-refractivity contribution in [3.63, 3.8) is 0 Å². The van der Waals surface area contributed by atoms with Crippen LogP contribution in [-0.4, -0.2) is 28.7 Å².